The smallest absolute Gasteiger partial charge is 0.410 e. The minimum atomic E-state index is -1.20. The first kappa shape index (κ1) is 30.6. The van der Waals surface area contributed by atoms with Gasteiger partial charge in [-0.25, -0.2) is 14.0 Å². The third kappa shape index (κ3) is 8.03. The molecule has 2 aliphatic heterocycles. The quantitative estimate of drug-likeness (QED) is 0.465. The minimum absolute atomic E-state index is 0.0387. The van der Waals surface area contributed by atoms with E-state index in [9.17, 15) is 28.4 Å². The number of nitrogens with one attached hydrogen (secondary N) is 1. The Bertz CT molecular complexity index is 1210. The van der Waals surface area contributed by atoms with Gasteiger partial charge in [-0.1, -0.05) is 17.7 Å². The second-order valence-corrected chi connectivity index (χ2v) is 11.3. The molecule has 0 saturated carbocycles. The number of carbonyl (C=O) groups is 5. The van der Waals surface area contributed by atoms with E-state index in [0.29, 0.717) is 11.1 Å². The molecule has 1 aromatic carbocycles. The lowest BCUT2D eigenvalue weighted by Gasteiger charge is -2.28. The summed E-state index contributed by atoms with van der Waals surface area (Å²) in [5.74, 6) is -2.11. The van der Waals surface area contributed by atoms with Crippen LogP contribution in [0.2, 0.25) is 0 Å². The van der Waals surface area contributed by atoms with E-state index in [-0.39, 0.29) is 44.7 Å². The second kappa shape index (κ2) is 12.5. The van der Waals surface area contributed by atoms with Crippen LogP contribution in [0.4, 0.5) is 14.0 Å². The van der Waals surface area contributed by atoms with Crippen LogP contribution in [0.15, 0.2) is 29.8 Å². The molecule has 0 bridgehead atoms. The Balaban J connectivity index is 1.72. The molecule has 3 N–H and O–H groups in total. The number of primary amides is 1. The third-order valence-corrected chi connectivity index (χ3v) is 6.44. The fourth-order valence-corrected chi connectivity index (χ4v) is 4.71. The molecule has 2 heterocycles. The predicted molar refractivity (Wildman–Crippen MR) is 142 cm³/mol. The normalized spacial score (nSPS) is 18.9. The lowest BCUT2D eigenvalue weighted by molar-refractivity contribution is -0.139. The maximum Gasteiger partial charge on any atom is 0.410 e. The molecule has 0 aliphatic carbocycles. The van der Waals surface area contributed by atoms with Crippen molar-refractivity contribution < 1.29 is 37.8 Å². The summed E-state index contributed by atoms with van der Waals surface area (Å²) < 4.78 is 25.0. The molecule has 0 spiro atoms. The van der Waals surface area contributed by atoms with Gasteiger partial charge in [0.25, 0.3) is 0 Å². The van der Waals surface area contributed by atoms with Gasteiger partial charge in [0.1, 0.15) is 29.6 Å². The van der Waals surface area contributed by atoms with Crippen molar-refractivity contribution >= 4 is 29.8 Å². The molecule has 1 saturated heterocycles. The SMILES string of the molecule is CC(C)=CC(=O)CC[C@H](NC(=O)OC(C)(C)C)C(=O)N1CC(OC(=O)N2Cc3cccc(F)c3C2)CC1C(N)=O. The molecule has 40 heavy (non-hydrogen) atoms. The summed E-state index contributed by atoms with van der Waals surface area (Å²) in [6, 6.07) is 2.31. The van der Waals surface area contributed by atoms with E-state index in [1.54, 1.807) is 46.8 Å². The maximum absolute atomic E-state index is 14.1. The Morgan fingerprint density at radius 2 is 1.88 bits per heavy atom. The Morgan fingerprint density at radius 3 is 2.48 bits per heavy atom. The molecule has 218 valence electrons. The number of benzene rings is 1. The molecule has 3 atom stereocenters. The van der Waals surface area contributed by atoms with E-state index in [1.807, 2.05) is 0 Å². The van der Waals surface area contributed by atoms with Crippen molar-refractivity contribution in [3.63, 3.8) is 0 Å². The Labute approximate surface area is 232 Å². The van der Waals surface area contributed by atoms with Gasteiger partial charge in [0.2, 0.25) is 11.8 Å². The number of halogens is 1. The van der Waals surface area contributed by atoms with Crippen molar-refractivity contribution in [2.45, 2.75) is 90.8 Å². The zero-order valence-corrected chi connectivity index (χ0v) is 23.5. The summed E-state index contributed by atoms with van der Waals surface area (Å²) in [5.41, 5.74) is 6.62. The molecule has 1 fully saturated rings. The van der Waals surface area contributed by atoms with E-state index < -0.39 is 53.6 Å². The number of hydrogen-bond donors (Lipinski definition) is 2. The van der Waals surface area contributed by atoms with Gasteiger partial charge in [0.05, 0.1) is 13.1 Å². The van der Waals surface area contributed by atoms with Gasteiger partial charge in [-0.15, -0.1) is 0 Å². The fourth-order valence-electron chi connectivity index (χ4n) is 4.71. The van der Waals surface area contributed by atoms with E-state index in [0.717, 1.165) is 10.5 Å². The predicted octanol–water partition coefficient (Wildman–Crippen LogP) is 2.94. The topological polar surface area (TPSA) is 148 Å². The van der Waals surface area contributed by atoms with Gasteiger partial charge < -0.3 is 25.4 Å². The first-order chi connectivity index (χ1) is 18.6. The monoisotopic (exact) mass is 560 g/mol. The molecule has 4 amide bonds. The van der Waals surface area contributed by atoms with Crippen molar-refractivity contribution in [3.8, 4) is 0 Å². The zero-order valence-electron chi connectivity index (χ0n) is 23.5. The van der Waals surface area contributed by atoms with E-state index in [4.69, 9.17) is 15.2 Å². The van der Waals surface area contributed by atoms with Crippen LogP contribution in [0.25, 0.3) is 0 Å². The number of nitrogens with two attached hydrogens (primary N) is 1. The average Bonchev–Trinajstić information content (AvgIpc) is 3.45. The number of likely N-dealkylation sites (tertiary alicyclic amines) is 1. The number of alkyl carbamates (subject to hydrolysis) is 1. The molecule has 11 nitrogen and oxygen atoms in total. The number of ketones is 1. The van der Waals surface area contributed by atoms with Gasteiger partial charge in [0.15, 0.2) is 5.78 Å². The summed E-state index contributed by atoms with van der Waals surface area (Å²) in [7, 11) is 0. The number of ether oxygens (including phenoxy) is 2. The molecule has 12 heteroatoms. The second-order valence-electron chi connectivity index (χ2n) is 11.3. The van der Waals surface area contributed by atoms with Crippen LogP contribution in [-0.4, -0.2) is 69.9 Å². The number of rotatable bonds is 8. The van der Waals surface area contributed by atoms with Crippen LogP contribution in [0, 0.1) is 5.82 Å². The van der Waals surface area contributed by atoms with Crippen molar-refractivity contribution in [1.29, 1.82) is 0 Å². The first-order valence-electron chi connectivity index (χ1n) is 13.1. The minimum Gasteiger partial charge on any atom is -0.444 e. The number of carbonyl (C=O) groups excluding carboxylic acids is 5. The number of amides is 4. The van der Waals surface area contributed by atoms with Gasteiger partial charge in [-0.05, 0) is 58.7 Å². The van der Waals surface area contributed by atoms with Gasteiger partial charge in [-0.2, -0.15) is 0 Å². The van der Waals surface area contributed by atoms with Crippen LogP contribution in [0.5, 0.6) is 0 Å². The highest BCUT2D eigenvalue weighted by Gasteiger charge is 2.43. The van der Waals surface area contributed by atoms with Crippen LogP contribution in [0.3, 0.4) is 0 Å². The first-order valence-corrected chi connectivity index (χ1v) is 13.1. The lowest BCUT2D eigenvalue weighted by atomic mass is 10.1. The van der Waals surface area contributed by atoms with E-state index in [1.165, 1.54) is 17.0 Å². The van der Waals surface area contributed by atoms with Crippen molar-refractivity contribution in [1.82, 2.24) is 15.1 Å². The molecule has 1 aromatic rings. The highest BCUT2D eigenvalue weighted by Crippen LogP contribution is 2.28. The third-order valence-electron chi connectivity index (χ3n) is 6.44. The summed E-state index contributed by atoms with van der Waals surface area (Å²) in [6.07, 6.45) is -1.14. The van der Waals surface area contributed by atoms with Gasteiger partial charge in [-0.3, -0.25) is 19.3 Å². The number of allylic oxidation sites excluding steroid dienone is 2. The van der Waals surface area contributed by atoms with Crippen molar-refractivity contribution in [3.05, 3.63) is 46.8 Å². The van der Waals surface area contributed by atoms with Crippen LogP contribution < -0.4 is 11.1 Å². The summed E-state index contributed by atoms with van der Waals surface area (Å²) in [6.45, 7) is 8.58. The summed E-state index contributed by atoms with van der Waals surface area (Å²) in [4.78, 5) is 66.0. The molecule has 0 radical (unpaired) electrons. The van der Waals surface area contributed by atoms with Crippen LogP contribution in [0.1, 0.15) is 65.0 Å². The molecule has 2 aliphatic rings. The maximum atomic E-state index is 14.1. The summed E-state index contributed by atoms with van der Waals surface area (Å²) >= 11 is 0. The molecule has 0 aromatic heterocycles. The largest absolute Gasteiger partial charge is 0.444 e. The molecule has 2 unspecified atom stereocenters. The lowest BCUT2D eigenvalue weighted by Crippen LogP contribution is -2.53. The molecular formula is C28H37FN4O7. The molecule has 3 rings (SSSR count). The highest BCUT2D eigenvalue weighted by atomic mass is 19.1. The average molecular weight is 561 g/mol. The Hall–Kier alpha value is -3.96. The number of hydrogen-bond acceptors (Lipinski definition) is 7. The van der Waals surface area contributed by atoms with Crippen molar-refractivity contribution in [2.75, 3.05) is 6.54 Å². The number of fused-ring (bicyclic) bond motifs is 1. The van der Waals surface area contributed by atoms with Gasteiger partial charge >= 0.3 is 12.2 Å². The number of nitrogens with zero attached hydrogens (tertiary/aromatic N) is 2. The zero-order chi connectivity index (χ0) is 29.8. The fraction of sp³-hybridized carbons (Fsp3) is 0.536. The summed E-state index contributed by atoms with van der Waals surface area (Å²) in [5, 5.41) is 2.51. The van der Waals surface area contributed by atoms with E-state index >= 15 is 0 Å². The van der Waals surface area contributed by atoms with Crippen molar-refractivity contribution in [2.24, 2.45) is 5.73 Å². The van der Waals surface area contributed by atoms with Gasteiger partial charge in [0, 0.05) is 24.9 Å². The van der Waals surface area contributed by atoms with Crippen LogP contribution in [-0.2, 0) is 36.9 Å². The van der Waals surface area contributed by atoms with E-state index in [2.05, 4.69) is 5.32 Å². The Kier molecular flexibility index (Phi) is 9.54. The standard InChI is InChI=1S/C28H37FN4O7/c1-16(2)11-18(34)9-10-22(31-26(37)40-28(3,4)5)25(36)33-14-19(12-23(33)24(30)35)39-27(38)32-13-17-7-6-8-21(29)20(17)15-32/h6-8,11,19,22-23H,9-10,12-15H2,1-5H3,(H2,30,35)(H,31,37)/t19?,22-,23?/m0/s1. The highest BCUT2D eigenvalue weighted by molar-refractivity contribution is 5.93. The Morgan fingerprint density at radius 1 is 1.18 bits per heavy atom. The van der Waals surface area contributed by atoms with Crippen LogP contribution >= 0.6 is 0 Å². The molecular weight excluding hydrogens is 523 g/mol.